The van der Waals surface area contributed by atoms with Crippen molar-refractivity contribution in [2.45, 2.75) is 58.8 Å². The van der Waals surface area contributed by atoms with Gasteiger partial charge in [0.1, 0.15) is 0 Å². The lowest BCUT2D eigenvalue weighted by atomic mass is 11.0. The SMILES string of the molecule is CC[Si]1(C)[Si](C)(C)[Si](C)(C)[Si]1(C)C. The zero-order valence-electron chi connectivity index (χ0n) is 10.7. The molecule has 0 aromatic rings. The van der Waals surface area contributed by atoms with Crippen LogP contribution in [0.25, 0.3) is 0 Å². The Labute approximate surface area is 87.3 Å². The van der Waals surface area contributed by atoms with Crippen LogP contribution < -0.4 is 0 Å². The first kappa shape index (κ1) is 11.9. The summed E-state index contributed by atoms with van der Waals surface area (Å²) in [6.45, 7) is 21.6. The van der Waals surface area contributed by atoms with Gasteiger partial charge >= 0.3 is 0 Å². The predicted octanol–water partition coefficient (Wildman–Crippen LogP) is 3.54. The molecule has 0 nitrogen and oxygen atoms in total. The summed E-state index contributed by atoms with van der Waals surface area (Å²) in [4.78, 5) is 0. The molecule has 4 heteroatoms. The number of hydrogen-bond acceptors (Lipinski definition) is 0. The normalized spacial score (nSPS) is 32.3. The summed E-state index contributed by atoms with van der Waals surface area (Å²) in [6, 6.07) is 1.59. The quantitative estimate of drug-likeness (QED) is 0.621. The van der Waals surface area contributed by atoms with Gasteiger partial charge in [0.2, 0.25) is 0 Å². The van der Waals surface area contributed by atoms with Gasteiger partial charge in [-0.1, -0.05) is 58.8 Å². The summed E-state index contributed by atoms with van der Waals surface area (Å²) < 4.78 is 0. The van der Waals surface area contributed by atoms with Gasteiger partial charge in [-0.25, -0.2) is 0 Å². The van der Waals surface area contributed by atoms with E-state index in [2.05, 4.69) is 52.8 Å². The largest absolute Gasteiger partial charge is 0.0735 e. The second-order valence-electron chi connectivity index (χ2n) is 6.56. The smallest absolute Gasteiger partial charge is 0.0334 e. The van der Waals surface area contributed by atoms with Crippen LogP contribution in [0.1, 0.15) is 6.92 Å². The molecule has 0 bridgehead atoms. The van der Waals surface area contributed by atoms with Crippen molar-refractivity contribution >= 4 is 28.4 Å². The molecule has 0 radical (unpaired) electrons. The third kappa shape index (κ3) is 0.956. The Morgan fingerprint density at radius 3 is 1.08 bits per heavy atom. The standard InChI is InChI=1S/C9H26Si4/c1-9-13(8)11(4,5)10(2,3)12(13,6)7/h9H2,1-8H3. The Bertz CT molecular complexity index is 212. The third-order valence-electron chi connectivity index (χ3n) is 6.59. The first-order chi connectivity index (χ1) is 5.56. The predicted molar refractivity (Wildman–Crippen MR) is 74.5 cm³/mol. The van der Waals surface area contributed by atoms with Gasteiger partial charge in [-0.3, -0.25) is 0 Å². The molecule has 0 saturated carbocycles. The van der Waals surface area contributed by atoms with Crippen molar-refractivity contribution in [2.24, 2.45) is 0 Å². The second-order valence-corrected chi connectivity index (χ2v) is 54.8. The maximum absolute atomic E-state index is 2.75. The van der Waals surface area contributed by atoms with Crippen LogP contribution in [0.15, 0.2) is 0 Å². The van der Waals surface area contributed by atoms with Gasteiger partial charge in [0.05, 0.1) is 0 Å². The summed E-state index contributed by atoms with van der Waals surface area (Å²) >= 11 is 0. The number of hydrogen-bond donors (Lipinski definition) is 0. The van der Waals surface area contributed by atoms with Gasteiger partial charge in [0.25, 0.3) is 0 Å². The monoisotopic (exact) mass is 246 g/mol. The van der Waals surface area contributed by atoms with Crippen molar-refractivity contribution in [3.05, 3.63) is 0 Å². The molecular weight excluding hydrogens is 220 g/mol. The summed E-state index contributed by atoms with van der Waals surface area (Å²) in [5, 5.41) is 0. The van der Waals surface area contributed by atoms with E-state index in [0.29, 0.717) is 0 Å². The molecule has 0 N–H and O–H groups in total. The molecule has 1 heterocycles. The highest BCUT2D eigenvalue weighted by molar-refractivity contribution is 8.13. The summed E-state index contributed by atoms with van der Waals surface area (Å²) in [5.74, 6) is 0. The van der Waals surface area contributed by atoms with Crippen molar-refractivity contribution in [3.8, 4) is 0 Å². The van der Waals surface area contributed by atoms with Crippen LogP contribution in [0.2, 0.25) is 51.9 Å². The van der Waals surface area contributed by atoms with Crippen LogP contribution in [-0.4, -0.2) is 28.4 Å². The van der Waals surface area contributed by atoms with Crippen LogP contribution in [0.4, 0.5) is 0 Å². The fourth-order valence-electron chi connectivity index (χ4n) is 3.76. The van der Waals surface area contributed by atoms with Gasteiger partial charge in [0, 0.05) is 28.4 Å². The minimum atomic E-state index is -0.728. The summed E-state index contributed by atoms with van der Waals surface area (Å²) in [7, 11) is -2.90. The Kier molecular flexibility index (Phi) is 2.49. The van der Waals surface area contributed by atoms with Crippen LogP contribution in [0.5, 0.6) is 0 Å². The molecule has 1 aliphatic rings. The van der Waals surface area contributed by atoms with Gasteiger partial charge in [-0.05, 0) is 0 Å². The maximum atomic E-state index is 2.75. The lowest BCUT2D eigenvalue weighted by Crippen LogP contribution is -3.01. The summed E-state index contributed by atoms with van der Waals surface area (Å²) in [6.07, 6.45) is 0. The van der Waals surface area contributed by atoms with E-state index in [1.54, 1.807) is 6.04 Å². The van der Waals surface area contributed by atoms with E-state index in [1.807, 2.05) is 0 Å². The van der Waals surface area contributed by atoms with Gasteiger partial charge < -0.3 is 0 Å². The zero-order chi connectivity index (χ0) is 10.7. The van der Waals surface area contributed by atoms with Crippen molar-refractivity contribution in [1.29, 1.82) is 0 Å². The lowest BCUT2D eigenvalue weighted by Gasteiger charge is -2.73. The van der Waals surface area contributed by atoms with Crippen molar-refractivity contribution in [2.75, 3.05) is 0 Å². The van der Waals surface area contributed by atoms with E-state index in [0.717, 1.165) is 0 Å². The average molecular weight is 247 g/mol. The Hall–Kier alpha value is 0.868. The molecule has 1 aliphatic heterocycles. The minimum Gasteiger partial charge on any atom is -0.0735 e. The molecule has 0 unspecified atom stereocenters. The van der Waals surface area contributed by atoms with Crippen molar-refractivity contribution in [1.82, 2.24) is 0 Å². The first-order valence-electron chi connectivity index (χ1n) is 5.56. The van der Waals surface area contributed by atoms with E-state index < -0.39 is 28.4 Å². The summed E-state index contributed by atoms with van der Waals surface area (Å²) in [5.41, 5.74) is 0. The zero-order valence-corrected chi connectivity index (χ0v) is 14.7. The van der Waals surface area contributed by atoms with Gasteiger partial charge in [0.15, 0.2) is 0 Å². The first-order valence-corrected chi connectivity index (χ1v) is 21.3. The van der Waals surface area contributed by atoms with E-state index in [-0.39, 0.29) is 0 Å². The average Bonchev–Trinajstić information content (AvgIpc) is 2.00. The van der Waals surface area contributed by atoms with E-state index >= 15 is 0 Å². The highest BCUT2D eigenvalue weighted by Gasteiger charge is 2.76. The molecular formula is C9H26Si4. The van der Waals surface area contributed by atoms with Crippen LogP contribution in [0.3, 0.4) is 0 Å². The third-order valence-corrected chi connectivity index (χ3v) is 110. The van der Waals surface area contributed by atoms with E-state index in [9.17, 15) is 0 Å². The van der Waals surface area contributed by atoms with Crippen LogP contribution in [-0.2, 0) is 0 Å². The molecule has 1 fully saturated rings. The molecule has 0 aromatic heterocycles. The molecule has 0 aromatic carbocycles. The van der Waals surface area contributed by atoms with Crippen molar-refractivity contribution in [3.63, 3.8) is 0 Å². The Balaban J connectivity index is 3.18. The molecule has 13 heavy (non-hydrogen) atoms. The second kappa shape index (κ2) is 2.71. The van der Waals surface area contributed by atoms with E-state index in [1.165, 1.54) is 0 Å². The Morgan fingerprint density at radius 2 is 0.923 bits per heavy atom. The minimum absolute atomic E-state index is 0.722. The molecule has 0 atom stereocenters. The molecule has 0 amide bonds. The van der Waals surface area contributed by atoms with Crippen molar-refractivity contribution < 1.29 is 0 Å². The van der Waals surface area contributed by atoms with Gasteiger partial charge in [-0.15, -0.1) is 0 Å². The Morgan fingerprint density at radius 1 is 0.615 bits per heavy atom. The fraction of sp³-hybridized carbons (Fsp3) is 1.00. The highest BCUT2D eigenvalue weighted by atomic mass is 30.2. The highest BCUT2D eigenvalue weighted by Crippen LogP contribution is 2.52. The van der Waals surface area contributed by atoms with Gasteiger partial charge in [-0.2, -0.15) is 0 Å². The maximum Gasteiger partial charge on any atom is 0.0334 e. The topological polar surface area (TPSA) is 0 Å². The molecule has 78 valence electrons. The molecule has 1 rings (SSSR count). The molecule has 1 saturated heterocycles. The van der Waals surface area contributed by atoms with E-state index in [4.69, 9.17) is 0 Å². The molecule has 0 aliphatic carbocycles. The number of rotatable bonds is 1. The van der Waals surface area contributed by atoms with Crippen LogP contribution in [0, 0.1) is 0 Å². The van der Waals surface area contributed by atoms with Crippen LogP contribution >= 0.6 is 0 Å². The fourth-order valence-corrected chi connectivity index (χ4v) is 144. The lowest BCUT2D eigenvalue weighted by molar-refractivity contribution is 1.40. The molecule has 0 spiro atoms.